The maximum Gasteiger partial charge on any atom is 0.0278 e. The summed E-state index contributed by atoms with van der Waals surface area (Å²) < 4.78 is 0. The van der Waals surface area contributed by atoms with Gasteiger partial charge in [-0.05, 0) is 25.9 Å². The van der Waals surface area contributed by atoms with E-state index in [1.807, 2.05) is 0 Å². The lowest BCUT2D eigenvalue weighted by molar-refractivity contribution is 0.249. The van der Waals surface area contributed by atoms with Gasteiger partial charge in [0.25, 0.3) is 0 Å². The third-order valence-corrected chi connectivity index (χ3v) is 2.64. The van der Waals surface area contributed by atoms with Crippen LogP contribution in [0.5, 0.6) is 0 Å². The molecule has 0 bridgehead atoms. The van der Waals surface area contributed by atoms with Gasteiger partial charge in [0.2, 0.25) is 0 Å². The lowest BCUT2D eigenvalue weighted by atomic mass is 9.97. The summed E-state index contributed by atoms with van der Waals surface area (Å²) in [5.41, 5.74) is 1.35. The second-order valence-corrected chi connectivity index (χ2v) is 3.63. The molecule has 0 saturated heterocycles. The lowest BCUT2D eigenvalue weighted by Crippen LogP contribution is -2.35. The molecule has 1 nitrogen and oxygen atoms in total. The van der Waals surface area contributed by atoms with Gasteiger partial charge in [0.1, 0.15) is 0 Å². The van der Waals surface area contributed by atoms with Crippen molar-refractivity contribution in [1.82, 2.24) is 4.90 Å². The standard InChI is InChI=1S/C11H23N/c1-7-12(8-2)11(6)10(5)9(3)4/h9,11H,5,7-8H2,1-4,6H3/t11-/m0/s1. The summed E-state index contributed by atoms with van der Waals surface area (Å²) in [4.78, 5) is 2.43. The van der Waals surface area contributed by atoms with Crippen LogP contribution in [0.2, 0.25) is 0 Å². The molecule has 0 aromatic heterocycles. The smallest absolute Gasteiger partial charge is 0.0278 e. The van der Waals surface area contributed by atoms with Crippen molar-refractivity contribution < 1.29 is 0 Å². The quantitative estimate of drug-likeness (QED) is 0.572. The normalized spacial score (nSPS) is 13.9. The minimum absolute atomic E-state index is 0.528. The van der Waals surface area contributed by atoms with Crippen LogP contribution in [-0.2, 0) is 0 Å². The van der Waals surface area contributed by atoms with Crippen LogP contribution in [0.15, 0.2) is 12.2 Å². The highest BCUT2D eigenvalue weighted by Crippen LogP contribution is 2.16. The average Bonchev–Trinajstić information content (AvgIpc) is 2.05. The van der Waals surface area contributed by atoms with E-state index in [9.17, 15) is 0 Å². The zero-order valence-corrected chi connectivity index (χ0v) is 9.22. The molecule has 72 valence electrons. The highest BCUT2D eigenvalue weighted by atomic mass is 15.1. The molecule has 12 heavy (non-hydrogen) atoms. The van der Waals surface area contributed by atoms with E-state index < -0.39 is 0 Å². The Hall–Kier alpha value is -0.300. The molecule has 0 aromatic rings. The molecule has 0 rings (SSSR count). The van der Waals surface area contributed by atoms with Crippen LogP contribution in [-0.4, -0.2) is 24.0 Å². The van der Waals surface area contributed by atoms with Crippen molar-refractivity contribution in [3.05, 3.63) is 12.2 Å². The number of rotatable bonds is 5. The molecule has 0 saturated carbocycles. The molecule has 0 unspecified atom stereocenters. The van der Waals surface area contributed by atoms with E-state index in [4.69, 9.17) is 0 Å². The largest absolute Gasteiger partial charge is 0.297 e. The average molecular weight is 169 g/mol. The third-order valence-electron chi connectivity index (χ3n) is 2.64. The topological polar surface area (TPSA) is 3.24 Å². The van der Waals surface area contributed by atoms with Crippen molar-refractivity contribution in [1.29, 1.82) is 0 Å². The number of hydrogen-bond acceptors (Lipinski definition) is 1. The maximum atomic E-state index is 4.13. The first kappa shape index (κ1) is 11.7. The summed E-state index contributed by atoms with van der Waals surface area (Å²) in [5.74, 6) is 0.598. The fourth-order valence-electron chi connectivity index (χ4n) is 1.49. The predicted molar refractivity (Wildman–Crippen MR) is 56.4 cm³/mol. The SMILES string of the molecule is C=C(C(C)C)[C@H](C)N(CC)CC. The van der Waals surface area contributed by atoms with Crippen LogP contribution in [0.3, 0.4) is 0 Å². The van der Waals surface area contributed by atoms with Gasteiger partial charge in [-0.3, -0.25) is 4.90 Å². The van der Waals surface area contributed by atoms with Crippen LogP contribution in [0.4, 0.5) is 0 Å². The fourth-order valence-corrected chi connectivity index (χ4v) is 1.49. The van der Waals surface area contributed by atoms with Crippen LogP contribution in [0.25, 0.3) is 0 Å². The number of likely N-dealkylation sites (N-methyl/N-ethyl adjacent to an activating group) is 1. The maximum absolute atomic E-state index is 4.13. The second-order valence-electron chi connectivity index (χ2n) is 3.63. The molecular weight excluding hydrogens is 146 g/mol. The number of hydrogen-bond donors (Lipinski definition) is 0. The van der Waals surface area contributed by atoms with Gasteiger partial charge < -0.3 is 0 Å². The zero-order valence-electron chi connectivity index (χ0n) is 9.22. The second kappa shape index (κ2) is 5.36. The van der Waals surface area contributed by atoms with E-state index in [2.05, 4.69) is 46.1 Å². The molecule has 0 heterocycles. The van der Waals surface area contributed by atoms with Crippen molar-refractivity contribution in [2.75, 3.05) is 13.1 Å². The fraction of sp³-hybridized carbons (Fsp3) is 0.818. The summed E-state index contributed by atoms with van der Waals surface area (Å²) in [6, 6.07) is 0.528. The first-order valence-corrected chi connectivity index (χ1v) is 4.97. The Balaban J connectivity index is 4.15. The Morgan fingerprint density at radius 2 is 1.58 bits per heavy atom. The van der Waals surface area contributed by atoms with Gasteiger partial charge in [0, 0.05) is 6.04 Å². The molecule has 0 aromatic carbocycles. The summed E-state index contributed by atoms with van der Waals surface area (Å²) in [6.45, 7) is 17.4. The highest BCUT2D eigenvalue weighted by molar-refractivity contribution is 5.06. The van der Waals surface area contributed by atoms with Crippen LogP contribution in [0.1, 0.15) is 34.6 Å². The number of nitrogens with zero attached hydrogens (tertiary/aromatic N) is 1. The Labute approximate surface area is 77.5 Å². The molecule has 0 N–H and O–H groups in total. The Kier molecular flexibility index (Phi) is 5.23. The minimum Gasteiger partial charge on any atom is -0.297 e. The minimum atomic E-state index is 0.528. The van der Waals surface area contributed by atoms with Crippen molar-refractivity contribution >= 4 is 0 Å². The monoisotopic (exact) mass is 169 g/mol. The highest BCUT2D eigenvalue weighted by Gasteiger charge is 2.14. The van der Waals surface area contributed by atoms with Gasteiger partial charge in [-0.15, -0.1) is 0 Å². The molecule has 1 heteroatoms. The predicted octanol–water partition coefficient (Wildman–Crippen LogP) is 2.93. The van der Waals surface area contributed by atoms with Crippen LogP contribution in [0, 0.1) is 5.92 Å². The molecule has 0 aliphatic heterocycles. The lowest BCUT2D eigenvalue weighted by Gasteiger charge is -2.29. The molecule has 0 radical (unpaired) electrons. The van der Waals surface area contributed by atoms with Gasteiger partial charge in [0.05, 0.1) is 0 Å². The molecule has 0 spiro atoms. The Morgan fingerprint density at radius 1 is 1.17 bits per heavy atom. The van der Waals surface area contributed by atoms with E-state index in [-0.39, 0.29) is 0 Å². The van der Waals surface area contributed by atoms with E-state index in [0.29, 0.717) is 12.0 Å². The van der Waals surface area contributed by atoms with Crippen molar-refractivity contribution in [2.45, 2.75) is 40.7 Å². The van der Waals surface area contributed by atoms with Crippen LogP contribution < -0.4 is 0 Å². The summed E-state index contributed by atoms with van der Waals surface area (Å²) in [7, 11) is 0. The summed E-state index contributed by atoms with van der Waals surface area (Å²) >= 11 is 0. The van der Waals surface area contributed by atoms with E-state index >= 15 is 0 Å². The molecule has 0 aliphatic carbocycles. The van der Waals surface area contributed by atoms with E-state index in [1.165, 1.54) is 5.57 Å². The molecule has 1 atom stereocenters. The molecule has 0 amide bonds. The summed E-state index contributed by atoms with van der Waals surface area (Å²) in [5, 5.41) is 0. The van der Waals surface area contributed by atoms with E-state index in [1.54, 1.807) is 0 Å². The Morgan fingerprint density at radius 3 is 1.83 bits per heavy atom. The molecular formula is C11H23N. The molecule has 0 aliphatic rings. The van der Waals surface area contributed by atoms with E-state index in [0.717, 1.165) is 13.1 Å². The zero-order chi connectivity index (χ0) is 9.72. The van der Waals surface area contributed by atoms with Gasteiger partial charge in [-0.2, -0.15) is 0 Å². The van der Waals surface area contributed by atoms with Gasteiger partial charge >= 0.3 is 0 Å². The van der Waals surface area contributed by atoms with Crippen molar-refractivity contribution in [3.63, 3.8) is 0 Å². The van der Waals surface area contributed by atoms with Crippen molar-refractivity contribution in [2.24, 2.45) is 5.92 Å². The van der Waals surface area contributed by atoms with Gasteiger partial charge in [0.15, 0.2) is 0 Å². The summed E-state index contributed by atoms with van der Waals surface area (Å²) in [6.07, 6.45) is 0. The Bertz CT molecular complexity index is 134. The first-order valence-electron chi connectivity index (χ1n) is 4.97. The van der Waals surface area contributed by atoms with Gasteiger partial charge in [-0.1, -0.05) is 39.8 Å². The van der Waals surface area contributed by atoms with Gasteiger partial charge in [-0.25, -0.2) is 0 Å². The van der Waals surface area contributed by atoms with Crippen molar-refractivity contribution in [3.8, 4) is 0 Å². The first-order chi connectivity index (χ1) is 5.54. The third kappa shape index (κ3) is 2.98. The van der Waals surface area contributed by atoms with Crippen LogP contribution >= 0.6 is 0 Å². The molecule has 0 fully saturated rings.